The molecule has 2 heterocycles. The molecule has 0 atom stereocenters. The third-order valence-corrected chi connectivity index (χ3v) is 7.14. The molecule has 152 valence electrons. The quantitative estimate of drug-likeness (QED) is 0.576. The summed E-state index contributed by atoms with van der Waals surface area (Å²) >= 11 is 1.72. The molecule has 1 aliphatic carbocycles. The maximum Gasteiger partial charge on any atom is 0.306 e. The van der Waals surface area contributed by atoms with Crippen LogP contribution in [0.3, 0.4) is 0 Å². The number of carboxylic acid groups (broad SMARTS) is 1. The molecule has 5 nitrogen and oxygen atoms in total. The Bertz CT molecular complexity index is 1010. The zero-order valence-electron chi connectivity index (χ0n) is 16.9. The largest absolute Gasteiger partial charge is 0.481 e. The van der Waals surface area contributed by atoms with E-state index in [2.05, 4.69) is 43.4 Å². The second-order valence-corrected chi connectivity index (χ2v) is 9.15. The molecule has 0 saturated heterocycles. The maximum atomic E-state index is 11.3. The fourth-order valence-corrected chi connectivity index (χ4v) is 5.18. The Morgan fingerprint density at radius 3 is 2.55 bits per heavy atom. The minimum absolute atomic E-state index is 0.218. The second-order valence-electron chi connectivity index (χ2n) is 7.94. The Balaban J connectivity index is 1.57. The third kappa shape index (κ3) is 4.27. The van der Waals surface area contributed by atoms with Crippen LogP contribution in [0.2, 0.25) is 0 Å². The summed E-state index contributed by atoms with van der Waals surface area (Å²) in [6, 6.07) is 10.5. The fourth-order valence-electron chi connectivity index (χ4n) is 4.15. The molecule has 2 N–H and O–H groups in total. The average molecular weight is 410 g/mol. The number of carboxylic acids is 1. The van der Waals surface area contributed by atoms with Crippen LogP contribution in [0.4, 0.5) is 5.82 Å². The molecule has 0 unspecified atom stereocenters. The number of carbonyl (C=O) groups is 1. The van der Waals surface area contributed by atoms with E-state index < -0.39 is 5.97 Å². The summed E-state index contributed by atoms with van der Waals surface area (Å²) in [5.74, 6) is 1.14. The number of benzene rings is 1. The molecule has 1 aliphatic rings. The summed E-state index contributed by atoms with van der Waals surface area (Å²) in [7, 11) is 0. The third-order valence-electron chi connectivity index (χ3n) is 6.04. The van der Waals surface area contributed by atoms with Crippen LogP contribution in [0.5, 0.6) is 0 Å². The summed E-state index contributed by atoms with van der Waals surface area (Å²) < 4.78 is 0. The number of hydrogen-bond donors (Lipinski definition) is 2. The molecule has 0 spiro atoms. The molecule has 1 fully saturated rings. The highest BCUT2D eigenvalue weighted by Gasteiger charge is 2.29. The normalized spacial score (nSPS) is 19.4. The minimum Gasteiger partial charge on any atom is -0.481 e. The van der Waals surface area contributed by atoms with Gasteiger partial charge in [-0.3, -0.25) is 4.79 Å². The van der Waals surface area contributed by atoms with Crippen molar-refractivity contribution in [1.82, 2.24) is 9.97 Å². The van der Waals surface area contributed by atoms with Crippen LogP contribution in [0.1, 0.15) is 53.4 Å². The number of aryl methyl sites for hydroxylation is 2. The molecule has 3 aromatic rings. The van der Waals surface area contributed by atoms with E-state index in [4.69, 9.17) is 9.97 Å². The topological polar surface area (TPSA) is 75.1 Å². The van der Waals surface area contributed by atoms with E-state index in [1.165, 1.54) is 16.0 Å². The first-order valence-corrected chi connectivity index (χ1v) is 11.1. The second kappa shape index (κ2) is 8.49. The van der Waals surface area contributed by atoms with E-state index in [0.717, 1.165) is 47.7 Å². The van der Waals surface area contributed by atoms with Crippen LogP contribution in [0.25, 0.3) is 10.2 Å². The molecule has 1 saturated carbocycles. The van der Waals surface area contributed by atoms with E-state index in [0.29, 0.717) is 12.8 Å². The predicted octanol–water partition coefficient (Wildman–Crippen LogP) is 5.32. The lowest BCUT2D eigenvalue weighted by Crippen LogP contribution is -2.21. The molecule has 0 amide bonds. The molecule has 29 heavy (non-hydrogen) atoms. The van der Waals surface area contributed by atoms with Gasteiger partial charge in [-0.1, -0.05) is 30.3 Å². The van der Waals surface area contributed by atoms with Crippen LogP contribution >= 0.6 is 11.3 Å². The zero-order valence-corrected chi connectivity index (χ0v) is 17.8. The predicted molar refractivity (Wildman–Crippen MR) is 118 cm³/mol. The van der Waals surface area contributed by atoms with Crippen molar-refractivity contribution in [2.45, 2.75) is 51.9 Å². The number of nitrogens with one attached hydrogen (secondary N) is 1. The Labute approximate surface area is 175 Å². The summed E-state index contributed by atoms with van der Waals surface area (Å²) in [6.07, 6.45) is 4.04. The van der Waals surface area contributed by atoms with Crippen LogP contribution in [-0.2, 0) is 11.2 Å². The smallest absolute Gasteiger partial charge is 0.306 e. The van der Waals surface area contributed by atoms with Gasteiger partial charge in [0.15, 0.2) is 0 Å². The highest BCUT2D eigenvalue weighted by atomic mass is 32.1. The Morgan fingerprint density at radius 1 is 1.14 bits per heavy atom. The van der Waals surface area contributed by atoms with Gasteiger partial charge in [-0.25, -0.2) is 9.97 Å². The first-order chi connectivity index (χ1) is 14.0. The summed E-state index contributed by atoms with van der Waals surface area (Å²) in [5.41, 5.74) is 2.55. The van der Waals surface area contributed by atoms with Crippen molar-refractivity contribution in [1.29, 1.82) is 0 Å². The van der Waals surface area contributed by atoms with Crippen molar-refractivity contribution in [2.75, 3.05) is 11.9 Å². The zero-order chi connectivity index (χ0) is 20.4. The van der Waals surface area contributed by atoms with E-state index in [-0.39, 0.29) is 11.8 Å². The first-order valence-electron chi connectivity index (χ1n) is 10.3. The molecule has 0 radical (unpaired) electrons. The highest BCUT2D eigenvalue weighted by Crippen LogP contribution is 2.38. The van der Waals surface area contributed by atoms with Gasteiger partial charge in [0.2, 0.25) is 0 Å². The SMILES string of the molecule is Cc1sc2nc(C3CCC(C(=O)O)CC3)nc(NCCc3ccccc3)c2c1C. The molecule has 0 bridgehead atoms. The molecule has 6 heteroatoms. The van der Waals surface area contributed by atoms with E-state index in [1.807, 2.05) is 6.07 Å². The fraction of sp³-hybridized carbons (Fsp3) is 0.435. The van der Waals surface area contributed by atoms with Crippen LogP contribution in [0.15, 0.2) is 30.3 Å². The van der Waals surface area contributed by atoms with Crippen LogP contribution in [-0.4, -0.2) is 27.6 Å². The van der Waals surface area contributed by atoms with E-state index in [9.17, 15) is 9.90 Å². The monoisotopic (exact) mass is 409 g/mol. The number of rotatable bonds is 6. The van der Waals surface area contributed by atoms with E-state index in [1.54, 1.807) is 11.3 Å². The molecule has 4 rings (SSSR count). The Kier molecular flexibility index (Phi) is 5.81. The van der Waals surface area contributed by atoms with Crippen molar-refractivity contribution < 1.29 is 9.90 Å². The lowest BCUT2D eigenvalue weighted by Gasteiger charge is -2.25. The highest BCUT2D eigenvalue weighted by molar-refractivity contribution is 7.18. The van der Waals surface area contributed by atoms with Gasteiger partial charge >= 0.3 is 5.97 Å². The minimum atomic E-state index is -0.674. The van der Waals surface area contributed by atoms with Crippen molar-refractivity contribution in [2.24, 2.45) is 5.92 Å². The number of aliphatic carboxylic acids is 1. The van der Waals surface area contributed by atoms with Crippen molar-refractivity contribution in [3.8, 4) is 0 Å². The Hall–Kier alpha value is -2.47. The number of anilines is 1. The lowest BCUT2D eigenvalue weighted by molar-refractivity contribution is -0.142. The van der Waals surface area contributed by atoms with Crippen molar-refractivity contribution in [3.63, 3.8) is 0 Å². The number of aromatic nitrogens is 2. The van der Waals surface area contributed by atoms with Gasteiger partial charge in [0.1, 0.15) is 16.5 Å². The van der Waals surface area contributed by atoms with Gasteiger partial charge in [0.05, 0.1) is 11.3 Å². The first kappa shape index (κ1) is 19.8. The number of hydrogen-bond acceptors (Lipinski definition) is 5. The standard InChI is InChI=1S/C23H27N3O2S/c1-14-15(2)29-22-19(14)21(24-13-12-16-6-4-3-5-7-16)25-20(26-22)17-8-10-18(11-9-17)23(27)28/h3-7,17-18H,8-13H2,1-2H3,(H,27,28)(H,24,25,26). The van der Waals surface area contributed by atoms with E-state index >= 15 is 0 Å². The maximum absolute atomic E-state index is 11.3. The summed E-state index contributed by atoms with van der Waals surface area (Å²) in [6.45, 7) is 5.08. The molecular formula is C23H27N3O2S. The van der Waals surface area contributed by atoms with Gasteiger partial charge in [0.25, 0.3) is 0 Å². The van der Waals surface area contributed by atoms with Gasteiger partial charge < -0.3 is 10.4 Å². The van der Waals surface area contributed by atoms with Gasteiger partial charge in [-0.05, 0) is 57.1 Å². The van der Waals surface area contributed by atoms with Gasteiger partial charge in [-0.15, -0.1) is 11.3 Å². The molecule has 0 aliphatic heterocycles. The summed E-state index contributed by atoms with van der Waals surface area (Å²) in [4.78, 5) is 23.4. The van der Waals surface area contributed by atoms with Crippen LogP contribution in [0, 0.1) is 19.8 Å². The van der Waals surface area contributed by atoms with Crippen molar-refractivity contribution in [3.05, 3.63) is 52.2 Å². The molecule has 2 aromatic heterocycles. The molecular weight excluding hydrogens is 382 g/mol. The van der Waals surface area contributed by atoms with Gasteiger partial charge in [0, 0.05) is 17.3 Å². The molecule has 1 aromatic carbocycles. The lowest BCUT2D eigenvalue weighted by atomic mass is 9.81. The number of nitrogens with zero attached hydrogens (tertiary/aromatic N) is 2. The average Bonchev–Trinajstić information content (AvgIpc) is 3.02. The van der Waals surface area contributed by atoms with Crippen LogP contribution < -0.4 is 5.32 Å². The number of thiophene rings is 1. The number of fused-ring (bicyclic) bond motifs is 1. The summed E-state index contributed by atoms with van der Waals surface area (Å²) in [5, 5.41) is 14.0. The van der Waals surface area contributed by atoms with Gasteiger partial charge in [-0.2, -0.15) is 0 Å². The van der Waals surface area contributed by atoms with Crippen molar-refractivity contribution >= 4 is 33.3 Å². The Morgan fingerprint density at radius 2 is 1.86 bits per heavy atom.